The van der Waals surface area contributed by atoms with Gasteiger partial charge in [0.2, 0.25) is 0 Å². The number of hydrogen-bond acceptors (Lipinski definition) is 2. The summed E-state index contributed by atoms with van der Waals surface area (Å²) in [6.07, 6.45) is 0.455. The Kier molecular flexibility index (Phi) is 6.82. The molecule has 0 radical (unpaired) electrons. The SMILES string of the molecule is O=C1CCN(Cc2ccccc2-c2ccccc2)CC1C(c1ccc(F)cc1)c1ccc(F)cc1. The van der Waals surface area contributed by atoms with Gasteiger partial charge in [-0.25, -0.2) is 8.78 Å². The van der Waals surface area contributed by atoms with Crippen LogP contribution in [0.15, 0.2) is 103 Å². The van der Waals surface area contributed by atoms with Crippen LogP contribution in [-0.4, -0.2) is 23.8 Å². The van der Waals surface area contributed by atoms with E-state index in [4.69, 9.17) is 0 Å². The van der Waals surface area contributed by atoms with Crippen LogP contribution in [0.25, 0.3) is 11.1 Å². The average molecular weight is 468 g/mol. The predicted octanol–water partition coefficient (Wildman–Crippen LogP) is 6.85. The first kappa shape index (κ1) is 23.1. The van der Waals surface area contributed by atoms with Crippen LogP contribution in [0.4, 0.5) is 8.78 Å². The van der Waals surface area contributed by atoms with Crippen LogP contribution in [0, 0.1) is 17.6 Å². The van der Waals surface area contributed by atoms with Crippen molar-refractivity contribution in [3.8, 4) is 11.1 Å². The highest BCUT2D eigenvalue weighted by molar-refractivity contribution is 5.84. The van der Waals surface area contributed by atoms with E-state index >= 15 is 0 Å². The molecule has 0 spiro atoms. The molecule has 4 aromatic rings. The summed E-state index contributed by atoms with van der Waals surface area (Å²) in [4.78, 5) is 15.6. The summed E-state index contributed by atoms with van der Waals surface area (Å²) in [5, 5.41) is 0. The van der Waals surface area contributed by atoms with E-state index in [0.717, 1.165) is 17.7 Å². The van der Waals surface area contributed by atoms with Gasteiger partial charge in [0.25, 0.3) is 0 Å². The number of halogens is 2. The minimum Gasteiger partial charge on any atom is -0.299 e. The van der Waals surface area contributed by atoms with Crippen molar-refractivity contribution in [1.82, 2.24) is 4.90 Å². The van der Waals surface area contributed by atoms with Gasteiger partial charge in [-0.05, 0) is 52.1 Å². The third-order valence-corrected chi connectivity index (χ3v) is 6.90. The van der Waals surface area contributed by atoms with Crippen LogP contribution in [-0.2, 0) is 11.3 Å². The van der Waals surface area contributed by atoms with Crippen molar-refractivity contribution < 1.29 is 13.6 Å². The van der Waals surface area contributed by atoms with Crippen LogP contribution < -0.4 is 0 Å². The number of carbonyl (C=O) groups is 1. The lowest BCUT2D eigenvalue weighted by Crippen LogP contribution is -2.43. The van der Waals surface area contributed by atoms with E-state index in [1.807, 2.05) is 30.3 Å². The fourth-order valence-electron chi connectivity index (χ4n) is 5.16. The summed E-state index contributed by atoms with van der Waals surface area (Å²) in [5.41, 5.74) is 5.30. The monoisotopic (exact) mass is 467 g/mol. The van der Waals surface area contributed by atoms with Crippen LogP contribution >= 0.6 is 0 Å². The van der Waals surface area contributed by atoms with Gasteiger partial charge in [0, 0.05) is 37.9 Å². The zero-order valence-electron chi connectivity index (χ0n) is 19.4. The minimum atomic E-state index is -0.319. The van der Waals surface area contributed by atoms with Crippen molar-refractivity contribution in [2.24, 2.45) is 5.92 Å². The minimum absolute atomic E-state index is 0.191. The second kappa shape index (κ2) is 10.3. The topological polar surface area (TPSA) is 20.3 Å². The lowest BCUT2D eigenvalue weighted by molar-refractivity contribution is -0.126. The smallest absolute Gasteiger partial charge is 0.139 e. The van der Waals surface area contributed by atoms with Crippen molar-refractivity contribution in [2.75, 3.05) is 13.1 Å². The Bertz CT molecular complexity index is 1240. The largest absolute Gasteiger partial charge is 0.299 e. The molecule has 176 valence electrons. The van der Waals surface area contributed by atoms with Crippen LogP contribution in [0.5, 0.6) is 0 Å². The number of carbonyl (C=O) groups excluding carboxylic acids is 1. The maximum absolute atomic E-state index is 13.7. The highest BCUT2D eigenvalue weighted by Gasteiger charge is 2.35. The number of rotatable bonds is 6. The van der Waals surface area contributed by atoms with Crippen molar-refractivity contribution in [3.05, 3.63) is 131 Å². The molecule has 4 heteroatoms. The molecule has 1 atom stereocenters. The maximum Gasteiger partial charge on any atom is 0.139 e. The van der Waals surface area contributed by atoms with Gasteiger partial charge in [-0.1, -0.05) is 78.9 Å². The molecular formula is C31H27F2NO. The van der Waals surface area contributed by atoms with E-state index in [1.54, 1.807) is 24.3 Å². The van der Waals surface area contributed by atoms with Crippen molar-refractivity contribution in [2.45, 2.75) is 18.9 Å². The van der Waals surface area contributed by atoms with Gasteiger partial charge in [0.15, 0.2) is 0 Å². The molecule has 1 unspecified atom stereocenters. The zero-order valence-corrected chi connectivity index (χ0v) is 19.4. The molecule has 0 aromatic heterocycles. The summed E-state index contributed by atoms with van der Waals surface area (Å²) in [6, 6.07) is 31.3. The van der Waals surface area contributed by atoms with Gasteiger partial charge in [0.05, 0.1) is 0 Å². The Hall–Kier alpha value is -3.63. The molecule has 1 aliphatic rings. The first-order valence-corrected chi connectivity index (χ1v) is 12.0. The first-order valence-electron chi connectivity index (χ1n) is 12.0. The van der Waals surface area contributed by atoms with E-state index in [-0.39, 0.29) is 29.3 Å². The fourth-order valence-corrected chi connectivity index (χ4v) is 5.16. The molecule has 0 bridgehead atoms. The van der Waals surface area contributed by atoms with Crippen molar-refractivity contribution >= 4 is 5.78 Å². The number of benzene rings is 4. The molecule has 35 heavy (non-hydrogen) atoms. The van der Waals surface area contributed by atoms with Crippen LogP contribution in [0.3, 0.4) is 0 Å². The number of Topliss-reactive ketones (excluding diaryl/α,β-unsaturated/α-hetero) is 1. The predicted molar refractivity (Wildman–Crippen MR) is 135 cm³/mol. The third kappa shape index (κ3) is 5.23. The van der Waals surface area contributed by atoms with Gasteiger partial charge in [-0.15, -0.1) is 0 Å². The number of nitrogens with zero attached hydrogens (tertiary/aromatic N) is 1. The highest BCUT2D eigenvalue weighted by atomic mass is 19.1. The lowest BCUT2D eigenvalue weighted by Gasteiger charge is -2.37. The maximum atomic E-state index is 13.7. The molecule has 0 aliphatic carbocycles. The van der Waals surface area contributed by atoms with Gasteiger partial charge in [-0.2, -0.15) is 0 Å². The Morgan fingerprint density at radius 2 is 1.31 bits per heavy atom. The van der Waals surface area contributed by atoms with Crippen LogP contribution in [0.1, 0.15) is 29.0 Å². The molecule has 0 N–H and O–H groups in total. The standard InChI is InChI=1S/C31H27F2NO/c32-26-14-10-23(11-15-26)31(24-12-16-27(33)17-13-24)29-21-34(19-18-30(29)35)20-25-8-4-5-9-28(25)22-6-2-1-3-7-22/h1-17,29,31H,18-21H2. The van der Waals surface area contributed by atoms with E-state index in [2.05, 4.69) is 29.2 Å². The van der Waals surface area contributed by atoms with Crippen LogP contribution in [0.2, 0.25) is 0 Å². The average Bonchev–Trinajstić information content (AvgIpc) is 2.89. The first-order chi connectivity index (χ1) is 17.1. The third-order valence-electron chi connectivity index (χ3n) is 6.90. The number of likely N-dealkylation sites (tertiary alicyclic amines) is 1. The Balaban J connectivity index is 1.45. The number of hydrogen-bond donors (Lipinski definition) is 0. The Morgan fingerprint density at radius 1 is 0.743 bits per heavy atom. The molecule has 1 fully saturated rings. The Labute approximate surface area is 204 Å². The summed E-state index contributed by atoms with van der Waals surface area (Å²) >= 11 is 0. The molecule has 2 nitrogen and oxygen atoms in total. The zero-order chi connectivity index (χ0) is 24.2. The van der Waals surface area contributed by atoms with E-state index in [0.29, 0.717) is 19.5 Å². The quantitative estimate of drug-likeness (QED) is 0.309. The molecule has 0 saturated carbocycles. The van der Waals surface area contributed by atoms with Crippen molar-refractivity contribution in [3.63, 3.8) is 0 Å². The van der Waals surface area contributed by atoms with Crippen molar-refractivity contribution in [1.29, 1.82) is 0 Å². The number of piperidine rings is 1. The van der Waals surface area contributed by atoms with Gasteiger partial charge in [0.1, 0.15) is 17.4 Å². The Morgan fingerprint density at radius 3 is 1.94 bits per heavy atom. The molecule has 1 heterocycles. The van der Waals surface area contributed by atoms with Gasteiger partial charge >= 0.3 is 0 Å². The number of ketones is 1. The van der Waals surface area contributed by atoms with Gasteiger partial charge < -0.3 is 0 Å². The molecule has 4 aromatic carbocycles. The summed E-state index contributed by atoms with van der Waals surface area (Å²) in [6.45, 7) is 2.01. The molecule has 0 amide bonds. The summed E-state index contributed by atoms with van der Waals surface area (Å²) in [7, 11) is 0. The summed E-state index contributed by atoms with van der Waals surface area (Å²) in [5.74, 6) is -1.02. The second-order valence-electron chi connectivity index (χ2n) is 9.16. The van der Waals surface area contributed by atoms with E-state index < -0.39 is 0 Å². The highest BCUT2D eigenvalue weighted by Crippen LogP contribution is 2.37. The lowest BCUT2D eigenvalue weighted by atomic mass is 9.76. The van der Waals surface area contributed by atoms with E-state index in [9.17, 15) is 13.6 Å². The van der Waals surface area contributed by atoms with Gasteiger partial charge in [-0.3, -0.25) is 9.69 Å². The second-order valence-corrected chi connectivity index (χ2v) is 9.16. The molecule has 1 saturated heterocycles. The molecule has 1 aliphatic heterocycles. The van der Waals surface area contributed by atoms with E-state index in [1.165, 1.54) is 41.0 Å². The fraction of sp³-hybridized carbons (Fsp3) is 0.194. The summed E-state index contributed by atoms with van der Waals surface area (Å²) < 4.78 is 27.4. The normalized spacial score (nSPS) is 16.5. The molecular weight excluding hydrogens is 440 g/mol. The molecule has 5 rings (SSSR count).